The number of esters is 1. The quantitative estimate of drug-likeness (QED) is 0.252. The topological polar surface area (TPSA) is 87.2 Å². The summed E-state index contributed by atoms with van der Waals surface area (Å²) in [5.41, 5.74) is 3.25. The fourth-order valence-electron chi connectivity index (χ4n) is 13.1. The van der Waals surface area contributed by atoms with E-state index in [2.05, 4.69) is 65.3 Å². The number of rotatable bonds is 4. The Hall–Kier alpha value is -2.67. The van der Waals surface area contributed by atoms with Crippen molar-refractivity contribution in [2.45, 2.75) is 125 Å². The van der Waals surface area contributed by atoms with Crippen LogP contribution in [0.5, 0.6) is 0 Å². The number of aromatic carboxylic acids is 1. The Morgan fingerprint density at radius 2 is 1.42 bits per heavy atom. The Kier molecular flexibility index (Phi) is 8.52. The van der Waals surface area contributed by atoms with Gasteiger partial charge in [-0.1, -0.05) is 71.7 Å². The monoisotopic (exact) mass is 686 g/mol. The van der Waals surface area contributed by atoms with Gasteiger partial charge in [0.25, 0.3) is 0 Å². The number of hydrogen-bond acceptors (Lipinski definition) is 5. The lowest BCUT2D eigenvalue weighted by Gasteiger charge is -2.71. The highest BCUT2D eigenvalue weighted by atomic mass is 16.5. The highest BCUT2D eigenvalue weighted by Gasteiger charge is 2.68. The van der Waals surface area contributed by atoms with E-state index in [1.54, 1.807) is 23.8 Å². The van der Waals surface area contributed by atoms with Crippen molar-refractivity contribution in [3.05, 3.63) is 46.5 Å². The molecule has 0 radical (unpaired) electrons. The van der Waals surface area contributed by atoms with Crippen LogP contribution in [0.4, 0.5) is 0 Å². The Morgan fingerprint density at radius 1 is 0.760 bits per heavy atom. The molecule has 7 heteroatoms. The maximum absolute atomic E-state index is 14.7. The summed E-state index contributed by atoms with van der Waals surface area (Å²) in [6.45, 7) is 20.8. The summed E-state index contributed by atoms with van der Waals surface area (Å²) >= 11 is 0. The number of ether oxygens (including phenoxy) is 1. The molecule has 7 nitrogen and oxygen atoms in total. The van der Waals surface area contributed by atoms with E-state index in [-0.39, 0.29) is 49.7 Å². The predicted octanol–water partition coefficient (Wildman–Crippen LogP) is 8.63. The van der Waals surface area contributed by atoms with Gasteiger partial charge >= 0.3 is 11.9 Å². The standard InChI is InChI=1S/C43H62N2O5/c1-38(2)19-21-43(37(49)45-25-23-44(8)24-26-45)22-20-41(6)30(31(43)27-38)13-14-33-40(5)17-16-34(39(3,4)32(40)15-18-42(33,41)7)50-36(48)29-12-10-9-11-28(29)35(46)47/h9-12,32-34H,13-27H2,1-8H3,(H,46,47)/t32-,33+,34-,40-,41+,42+,43-/m0/s1. The van der Waals surface area contributed by atoms with Crippen LogP contribution in [0.15, 0.2) is 35.4 Å². The number of hydrogen-bond donors (Lipinski definition) is 1. The highest BCUT2D eigenvalue weighted by Crippen LogP contribution is 2.76. The molecule has 50 heavy (non-hydrogen) atoms. The molecule has 5 aliphatic carbocycles. The van der Waals surface area contributed by atoms with Crippen molar-refractivity contribution in [2.24, 2.45) is 44.3 Å². The van der Waals surface area contributed by atoms with Gasteiger partial charge < -0.3 is 19.6 Å². The van der Waals surface area contributed by atoms with E-state index in [1.165, 1.54) is 11.6 Å². The minimum atomic E-state index is -1.11. The van der Waals surface area contributed by atoms with Gasteiger partial charge in [-0.25, -0.2) is 9.59 Å². The van der Waals surface area contributed by atoms with E-state index in [9.17, 15) is 19.5 Å². The van der Waals surface area contributed by atoms with Crippen molar-refractivity contribution in [3.8, 4) is 0 Å². The molecule has 5 fully saturated rings. The summed E-state index contributed by atoms with van der Waals surface area (Å²) in [4.78, 5) is 44.7. The molecule has 1 saturated heterocycles. The zero-order valence-electron chi connectivity index (χ0n) is 32.1. The number of nitrogens with zero attached hydrogens (tertiary/aromatic N) is 2. The summed E-state index contributed by atoms with van der Waals surface area (Å²) in [5, 5.41) is 9.72. The zero-order valence-corrected chi connectivity index (χ0v) is 32.1. The molecule has 0 unspecified atom stereocenters. The first-order valence-corrected chi connectivity index (χ1v) is 19.6. The second-order valence-electron chi connectivity index (χ2n) is 19.5. The molecule has 1 amide bonds. The molecule has 7 atom stereocenters. The number of carbonyl (C=O) groups is 3. The van der Waals surface area contributed by atoms with Gasteiger partial charge in [0.2, 0.25) is 5.91 Å². The predicted molar refractivity (Wildman–Crippen MR) is 196 cm³/mol. The fraction of sp³-hybridized carbons (Fsp3) is 0.744. The summed E-state index contributed by atoms with van der Waals surface area (Å²) in [7, 11) is 2.17. The molecule has 0 spiro atoms. The van der Waals surface area contributed by atoms with Gasteiger partial charge in [-0.3, -0.25) is 4.79 Å². The number of benzene rings is 1. The van der Waals surface area contributed by atoms with Gasteiger partial charge in [0, 0.05) is 31.6 Å². The first-order chi connectivity index (χ1) is 23.4. The van der Waals surface area contributed by atoms with E-state index in [0.29, 0.717) is 17.7 Å². The molecular weight excluding hydrogens is 624 g/mol. The van der Waals surface area contributed by atoms with Crippen molar-refractivity contribution in [2.75, 3.05) is 33.2 Å². The molecule has 1 aliphatic heterocycles. The first-order valence-electron chi connectivity index (χ1n) is 19.6. The van der Waals surface area contributed by atoms with Crippen LogP contribution in [-0.2, 0) is 9.53 Å². The molecule has 7 rings (SSSR count). The normalized spacial score (nSPS) is 39.4. The van der Waals surface area contributed by atoms with Gasteiger partial charge in [-0.15, -0.1) is 0 Å². The third-order valence-corrected chi connectivity index (χ3v) is 16.3. The second kappa shape index (κ2) is 11.9. The number of allylic oxidation sites excluding steroid dienone is 1. The smallest absolute Gasteiger partial charge is 0.339 e. The Labute approximate surface area is 300 Å². The van der Waals surface area contributed by atoms with Crippen LogP contribution in [-0.4, -0.2) is 72.1 Å². The van der Waals surface area contributed by atoms with Gasteiger partial charge in [-0.05, 0) is 123 Å². The van der Waals surface area contributed by atoms with Crippen LogP contribution in [0.2, 0.25) is 0 Å². The van der Waals surface area contributed by atoms with Crippen molar-refractivity contribution >= 4 is 17.8 Å². The van der Waals surface area contributed by atoms with Gasteiger partial charge in [-0.2, -0.15) is 0 Å². The first kappa shape index (κ1) is 35.7. The van der Waals surface area contributed by atoms with Gasteiger partial charge in [0.1, 0.15) is 6.10 Å². The summed E-state index contributed by atoms with van der Waals surface area (Å²) in [5.74, 6) is -0.278. The Balaban J connectivity index is 1.19. The zero-order chi connectivity index (χ0) is 36.1. The molecule has 4 saturated carbocycles. The molecule has 0 bridgehead atoms. The summed E-state index contributed by atoms with van der Waals surface area (Å²) in [6, 6.07) is 6.39. The SMILES string of the molecule is CN1CCN(C(=O)[C@]23CCC(C)(C)CC2=C2CC[C@@H]4[C@@]5(C)CC[C@H](OC(=O)c6ccccc6C(=O)O)C(C)(C)[C@@H]5CC[C@@]4(C)[C@]2(C)CC3)CC1. The molecule has 1 aromatic carbocycles. The molecule has 6 aliphatic rings. The van der Waals surface area contributed by atoms with Crippen molar-refractivity contribution in [3.63, 3.8) is 0 Å². The Morgan fingerprint density at radius 3 is 2.10 bits per heavy atom. The molecule has 1 heterocycles. The molecule has 0 aromatic heterocycles. The van der Waals surface area contributed by atoms with Crippen LogP contribution in [0.25, 0.3) is 0 Å². The maximum Gasteiger partial charge on any atom is 0.339 e. The number of likely N-dealkylation sites (N-methyl/N-ethyl adjacent to an activating group) is 1. The van der Waals surface area contributed by atoms with E-state index < -0.39 is 11.9 Å². The van der Waals surface area contributed by atoms with Crippen LogP contribution < -0.4 is 0 Å². The number of piperazine rings is 1. The van der Waals surface area contributed by atoms with Crippen molar-refractivity contribution < 1.29 is 24.2 Å². The van der Waals surface area contributed by atoms with Gasteiger partial charge in [0.15, 0.2) is 0 Å². The third kappa shape index (κ3) is 5.16. The average molecular weight is 687 g/mol. The lowest BCUT2D eigenvalue weighted by molar-refractivity contribution is -0.205. The lowest BCUT2D eigenvalue weighted by Crippen LogP contribution is -2.65. The fourth-order valence-corrected chi connectivity index (χ4v) is 13.1. The summed E-state index contributed by atoms with van der Waals surface area (Å²) < 4.78 is 6.26. The number of carbonyl (C=O) groups excluding carboxylic acids is 2. The molecule has 1 N–H and O–H groups in total. The van der Waals surface area contributed by atoms with Crippen LogP contribution in [0, 0.1) is 44.3 Å². The molecular formula is C43H62N2O5. The van der Waals surface area contributed by atoms with E-state index in [1.807, 2.05) is 0 Å². The minimum Gasteiger partial charge on any atom is -0.478 e. The van der Waals surface area contributed by atoms with E-state index >= 15 is 0 Å². The number of amides is 1. The van der Waals surface area contributed by atoms with Crippen molar-refractivity contribution in [1.82, 2.24) is 9.80 Å². The second-order valence-corrected chi connectivity index (χ2v) is 19.5. The number of fused-ring (bicyclic) bond motifs is 6. The Bertz CT molecular complexity index is 1600. The molecule has 274 valence electrons. The summed E-state index contributed by atoms with van der Waals surface area (Å²) in [6.07, 6.45) is 11.2. The molecule has 1 aromatic rings. The number of carboxylic acids is 1. The van der Waals surface area contributed by atoms with E-state index in [0.717, 1.165) is 96.8 Å². The number of carboxylic acid groups (broad SMARTS) is 1. The largest absolute Gasteiger partial charge is 0.478 e. The van der Waals surface area contributed by atoms with Crippen LogP contribution >= 0.6 is 0 Å². The van der Waals surface area contributed by atoms with Crippen LogP contribution in [0.1, 0.15) is 140 Å². The van der Waals surface area contributed by atoms with Crippen molar-refractivity contribution in [1.29, 1.82) is 0 Å². The maximum atomic E-state index is 14.7. The van der Waals surface area contributed by atoms with E-state index in [4.69, 9.17) is 4.74 Å². The minimum absolute atomic E-state index is 0.00662. The average Bonchev–Trinajstić information content (AvgIpc) is 3.06. The lowest BCUT2D eigenvalue weighted by atomic mass is 9.34. The highest BCUT2D eigenvalue weighted by molar-refractivity contribution is 6.02. The van der Waals surface area contributed by atoms with Gasteiger partial charge in [0.05, 0.1) is 16.5 Å². The van der Waals surface area contributed by atoms with Crippen LogP contribution in [0.3, 0.4) is 0 Å². The third-order valence-electron chi connectivity index (χ3n) is 16.3.